The summed E-state index contributed by atoms with van der Waals surface area (Å²) in [4.78, 5) is 33.9. The molecule has 2 rings (SSSR count). The lowest BCUT2D eigenvalue weighted by Gasteiger charge is -2.15. The molecule has 10 heteroatoms. The number of nitro groups is 1. The monoisotopic (exact) mass is 381 g/mol. The van der Waals surface area contributed by atoms with E-state index in [-0.39, 0.29) is 22.0 Å². The van der Waals surface area contributed by atoms with E-state index in [0.717, 1.165) is 18.2 Å². The number of benzene rings is 2. The van der Waals surface area contributed by atoms with Gasteiger partial charge < -0.3 is 4.74 Å². The number of nitro benzene ring substituents is 1. The van der Waals surface area contributed by atoms with Gasteiger partial charge in [-0.1, -0.05) is 23.7 Å². The van der Waals surface area contributed by atoms with Crippen molar-refractivity contribution in [1.82, 2.24) is 10.9 Å². The average molecular weight is 382 g/mol. The SMILES string of the molecule is C[C@@H](Oc1ccccc1F)C(=O)NNC(=O)c1ccc([N+](=O)[O-])cc1Cl. The zero-order valence-electron chi connectivity index (χ0n) is 13.4. The second-order valence-electron chi connectivity index (χ2n) is 5.06. The molecule has 0 radical (unpaired) electrons. The van der Waals surface area contributed by atoms with E-state index in [2.05, 4.69) is 10.9 Å². The third kappa shape index (κ3) is 4.67. The van der Waals surface area contributed by atoms with Crippen LogP contribution in [0.2, 0.25) is 5.02 Å². The lowest BCUT2D eigenvalue weighted by Crippen LogP contribution is -2.47. The van der Waals surface area contributed by atoms with Gasteiger partial charge in [0.1, 0.15) is 0 Å². The number of non-ortho nitro benzene ring substituents is 1. The van der Waals surface area contributed by atoms with Gasteiger partial charge >= 0.3 is 0 Å². The summed E-state index contributed by atoms with van der Waals surface area (Å²) in [5.41, 5.74) is 3.86. The number of nitrogens with one attached hydrogen (secondary N) is 2. The van der Waals surface area contributed by atoms with Gasteiger partial charge in [-0.05, 0) is 25.1 Å². The highest BCUT2D eigenvalue weighted by Gasteiger charge is 2.19. The molecule has 0 saturated heterocycles. The molecule has 0 spiro atoms. The molecule has 0 bridgehead atoms. The van der Waals surface area contributed by atoms with Crippen LogP contribution in [0, 0.1) is 15.9 Å². The van der Waals surface area contributed by atoms with Crippen molar-refractivity contribution in [3.05, 3.63) is 69.0 Å². The maximum atomic E-state index is 13.5. The number of hydrogen-bond donors (Lipinski definition) is 2. The summed E-state index contributed by atoms with van der Waals surface area (Å²) in [5, 5.41) is 10.5. The number of nitrogens with zero attached hydrogens (tertiary/aromatic N) is 1. The Morgan fingerprint density at radius 3 is 2.54 bits per heavy atom. The summed E-state index contributed by atoms with van der Waals surface area (Å²) in [6.07, 6.45) is -1.10. The van der Waals surface area contributed by atoms with Gasteiger partial charge in [0.05, 0.1) is 15.5 Å². The van der Waals surface area contributed by atoms with Crippen LogP contribution in [-0.4, -0.2) is 22.8 Å². The number of amides is 2. The van der Waals surface area contributed by atoms with Crippen molar-refractivity contribution in [3.63, 3.8) is 0 Å². The first kappa shape index (κ1) is 19.1. The zero-order valence-corrected chi connectivity index (χ0v) is 14.1. The Labute approximate surface area is 152 Å². The van der Waals surface area contributed by atoms with Crippen LogP contribution in [-0.2, 0) is 4.79 Å². The highest BCUT2D eigenvalue weighted by atomic mass is 35.5. The van der Waals surface area contributed by atoms with Gasteiger partial charge in [0.15, 0.2) is 17.7 Å². The fourth-order valence-electron chi connectivity index (χ4n) is 1.87. The minimum absolute atomic E-state index is 0.0692. The van der Waals surface area contributed by atoms with Crippen molar-refractivity contribution in [2.75, 3.05) is 0 Å². The number of halogens is 2. The number of hydrazine groups is 1. The van der Waals surface area contributed by atoms with Crippen LogP contribution < -0.4 is 15.6 Å². The number of para-hydroxylation sites is 1. The Morgan fingerprint density at radius 1 is 1.23 bits per heavy atom. The standard InChI is InChI=1S/C16H13ClFN3O5/c1-9(26-14-5-3-2-4-13(14)18)15(22)19-20-16(23)11-7-6-10(21(24)25)8-12(11)17/h2-9H,1H3,(H,19,22)(H,20,23)/t9-/m1/s1. The first-order chi connectivity index (χ1) is 12.3. The van der Waals surface area contributed by atoms with Crippen molar-refractivity contribution in [1.29, 1.82) is 0 Å². The van der Waals surface area contributed by atoms with Crippen molar-refractivity contribution < 1.29 is 23.6 Å². The Balaban J connectivity index is 1.95. The maximum Gasteiger partial charge on any atom is 0.279 e. The van der Waals surface area contributed by atoms with Gasteiger partial charge in [-0.2, -0.15) is 0 Å². The summed E-state index contributed by atoms with van der Waals surface area (Å²) >= 11 is 5.83. The third-order valence-electron chi connectivity index (χ3n) is 3.22. The molecular formula is C16H13ClFN3O5. The highest BCUT2D eigenvalue weighted by molar-refractivity contribution is 6.34. The van der Waals surface area contributed by atoms with Crippen LogP contribution >= 0.6 is 11.6 Å². The average Bonchev–Trinajstić information content (AvgIpc) is 2.61. The molecule has 26 heavy (non-hydrogen) atoms. The van der Waals surface area contributed by atoms with Gasteiger partial charge in [0, 0.05) is 12.1 Å². The Bertz CT molecular complexity index is 862. The number of hydrogen-bond acceptors (Lipinski definition) is 5. The molecule has 8 nitrogen and oxygen atoms in total. The minimum Gasteiger partial charge on any atom is -0.478 e. The summed E-state index contributed by atoms with van der Waals surface area (Å²) in [5.74, 6) is -2.26. The number of rotatable bonds is 5. The molecule has 2 aromatic rings. The smallest absolute Gasteiger partial charge is 0.279 e. The van der Waals surface area contributed by atoms with E-state index in [4.69, 9.17) is 16.3 Å². The maximum absolute atomic E-state index is 13.5. The first-order valence-electron chi connectivity index (χ1n) is 7.25. The molecule has 1 atom stereocenters. The normalized spacial score (nSPS) is 11.3. The number of ether oxygens (including phenoxy) is 1. The highest BCUT2D eigenvalue weighted by Crippen LogP contribution is 2.22. The molecule has 2 amide bonds. The third-order valence-corrected chi connectivity index (χ3v) is 3.53. The van der Waals surface area contributed by atoms with E-state index in [9.17, 15) is 24.1 Å². The van der Waals surface area contributed by atoms with E-state index < -0.39 is 28.7 Å². The quantitative estimate of drug-likeness (QED) is 0.611. The molecule has 0 heterocycles. The van der Waals surface area contributed by atoms with E-state index in [1.807, 2.05) is 0 Å². The van der Waals surface area contributed by atoms with Gasteiger partial charge in [0.2, 0.25) is 0 Å². The van der Waals surface area contributed by atoms with Crippen molar-refractivity contribution in [3.8, 4) is 5.75 Å². The number of carbonyl (C=O) groups is 2. The lowest BCUT2D eigenvalue weighted by molar-refractivity contribution is -0.384. The van der Waals surface area contributed by atoms with Crippen LogP contribution in [0.4, 0.5) is 10.1 Å². The van der Waals surface area contributed by atoms with E-state index >= 15 is 0 Å². The molecule has 2 aromatic carbocycles. The number of carbonyl (C=O) groups excluding carboxylic acids is 2. The van der Waals surface area contributed by atoms with Crippen molar-refractivity contribution >= 4 is 29.1 Å². The van der Waals surface area contributed by atoms with Crippen LogP contribution in [0.3, 0.4) is 0 Å². The van der Waals surface area contributed by atoms with Crippen molar-refractivity contribution in [2.45, 2.75) is 13.0 Å². The minimum atomic E-state index is -1.10. The van der Waals surface area contributed by atoms with Crippen molar-refractivity contribution in [2.24, 2.45) is 0 Å². The summed E-state index contributed by atoms with van der Waals surface area (Å²) in [6, 6.07) is 8.82. The predicted molar refractivity (Wildman–Crippen MR) is 90.2 cm³/mol. The Morgan fingerprint density at radius 2 is 1.92 bits per heavy atom. The lowest BCUT2D eigenvalue weighted by atomic mass is 10.2. The van der Waals surface area contributed by atoms with Gasteiger partial charge in [-0.3, -0.25) is 30.6 Å². The topological polar surface area (TPSA) is 111 Å². The second kappa shape index (κ2) is 8.26. The molecule has 0 aliphatic carbocycles. The van der Waals surface area contributed by atoms with Crippen LogP contribution in [0.15, 0.2) is 42.5 Å². The summed E-state index contributed by atoms with van der Waals surface area (Å²) in [6.45, 7) is 1.37. The van der Waals surface area contributed by atoms with Gasteiger partial charge in [-0.15, -0.1) is 0 Å². The van der Waals surface area contributed by atoms with E-state index in [0.29, 0.717) is 0 Å². The molecule has 0 aliphatic heterocycles. The summed E-state index contributed by atoms with van der Waals surface area (Å²) in [7, 11) is 0. The molecule has 0 unspecified atom stereocenters. The molecule has 136 valence electrons. The van der Waals surface area contributed by atoms with Crippen LogP contribution in [0.5, 0.6) is 5.75 Å². The first-order valence-corrected chi connectivity index (χ1v) is 7.62. The van der Waals surface area contributed by atoms with Crippen LogP contribution in [0.1, 0.15) is 17.3 Å². The molecule has 2 N–H and O–H groups in total. The Hall–Kier alpha value is -3.20. The van der Waals surface area contributed by atoms with Crippen LogP contribution in [0.25, 0.3) is 0 Å². The predicted octanol–water partition coefficient (Wildman–Crippen LogP) is 2.62. The molecule has 0 saturated carbocycles. The van der Waals surface area contributed by atoms with Gasteiger partial charge in [-0.25, -0.2) is 4.39 Å². The fraction of sp³-hybridized carbons (Fsp3) is 0.125. The van der Waals surface area contributed by atoms with Gasteiger partial charge in [0.25, 0.3) is 17.5 Å². The molecule has 0 aliphatic rings. The Kier molecular flexibility index (Phi) is 6.07. The largest absolute Gasteiger partial charge is 0.478 e. The second-order valence-corrected chi connectivity index (χ2v) is 5.46. The zero-order chi connectivity index (χ0) is 19.3. The fourth-order valence-corrected chi connectivity index (χ4v) is 2.13. The molecular weight excluding hydrogens is 369 g/mol. The van der Waals surface area contributed by atoms with E-state index in [1.165, 1.54) is 25.1 Å². The molecule has 0 fully saturated rings. The van der Waals surface area contributed by atoms with E-state index in [1.54, 1.807) is 6.07 Å². The molecule has 0 aromatic heterocycles. The summed E-state index contributed by atoms with van der Waals surface area (Å²) < 4.78 is 18.7.